The second-order valence-electron chi connectivity index (χ2n) is 9.22. The quantitative estimate of drug-likeness (QED) is 0.230. The molecular weight excluding hydrogens is 466 g/mol. The van der Waals surface area contributed by atoms with Crippen LogP contribution in [0.25, 0.3) is 5.57 Å². The Morgan fingerprint density at radius 2 is 1.26 bits per heavy atom. The number of para-hydroxylation sites is 1. The van der Waals surface area contributed by atoms with E-state index in [0.717, 1.165) is 39.3 Å². The van der Waals surface area contributed by atoms with Gasteiger partial charge in [0.2, 0.25) is 0 Å². The number of hydrogen-bond donors (Lipinski definition) is 1. The lowest BCUT2D eigenvalue weighted by Crippen LogP contribution is -2.15. The third kappa shape index (κ3) is 7.47. The van der Waals surface area contributed by atoms with Crippen LogP contribution in [0.15, 0.2) is 133 Å². The smallest absolute Gasteiger partial charge is 0.256 e. The zero-order chi connectivity index (χ0) is 27.5. The number of carbonyl (C=O) groups excluding carboxylic acids is 1. The zero-order valence-electron chi connectivity index (χ0n) is 23.0. The summed E-state index contributed by atoms with van der Waals surface area (Å²) in [6.07, 6.45) is 11.3. The molecule has 194 valence electrons. The topological polar surface area (TPSA) is 35.6 Å². The van der Waals surface area contributed by atoms with Crippen LogP contribution in [-0.2, 0) is 4.79 Å². The maximum atomic E-state index is 13.5. The number of benzene rings is 3. The average molecular weight is 504 g/mol. The van der Waals surface area contributed by atoms with Crippen molar-refractivity contribution in [3.8, 4) is 0 Å². The molecule has 0 saturated carbocycles. The van der Waals surface area contributed by atoms with Crippen LogP contribution in [0.3, 0.4) is 0 Å². The van der Waals surface area contributed by atoms with Gasteiger partial charge >= 0.3 is 0 Å². The van der Waals surface area contributed by atoms with Crippen LogP contribution in [-0.4, -0.2) is 34.1 Å². The van der Waals surface area contributed by atoms with E-state index in [1.165, 1.54) is 0 Å². The summed E-state index contributed by atoms with van der Waals surface area (Å²) in [4.78, 5) is 17.7. The van der Waals surface area contributed by atoms with Crippen molar-refractivity contribution in [1.82, 2.24) is 0 Å². The minimum Gasteiger partial charge on any atom is -0.378 e. The Hall–Kier alpha value is -4.57. The SMILES string of the molecule is C=C/C=C(\C=C/C)C(=C\C=C(c1ccc(N(C)C)cc1)c1ccc(N(C)C)cc1)/C(=O)Nc1ccccc1. The van der Waals surface area contributed by atoms with Gasteiger partial charge in [0.25, 0.3) is 5.91 Å². The Kier molecular flexibility index (Phi) is 10.1. The molecule has 1 N–H and O–H groups in total. The predicted octanol–water partition coefficient (Wildman–Crippen LogP) is 7.50. The van der Waals surface area contributed by atoms with E-state index >= 15 is 0 Å². The first-order valence-electron chi connectivity index (χ1n) is 12.6. The summed E-state index contributed by atoms with van der Waals surface area (Å²) < 4.78 is 0. The van der Waals surface area contributed by atoms with E-state index in [1.807, 2.05) is 95.8 Å². The maximum Gasteiger partial charge on any atom is 0.256 e. The number of amides is 1. The molecular formula is C34H37N3O. The van der Waals surface area contributed by atoms with Crippen LogP contribution in [0.2, 0.25) is 0 Å². The molecule has 0 unspecified atom stereocenters. The molecule has 0 saturated heterocycles. The first kappa shape index (κ1) is 28.0. The van der Waals surface area contributed by atoms with Gasteiger partial charge in [-0.25, -0.2) is 0 Å². The maximum absolute atomic E-state index is 13.5. The fourth-order valence-electron chi connectivity index (χ4n) is 3.97. The molecule has 3 rings (SSSR count). The summed E-state index contributed by atoms with van der Waals surface area (Å²) >= 11 is 0. The number of allylic oxidation sites excluding steroid dienone is 6. The van der Waals surface area contributed by atoms with Crippen molar-refractivity contribution in [2.24, 2.45) is 0 Å². The highest BCUT2D eigenvalue weighted by atomic mass is 16.1. The van der Waals surface area contributed by atoms with Crippen molar-refractivity contribution in [2.45, 2.75) is 6.92 Å². The van der Waals surface area contributed by atoms with Crippen molar-refractivity contribution >= 4 is 28.5 Å². The lowest BCUT2D eigenvalue weighted by Gasteiger charge is -2.16. The molecule has 0 aliphatic rings. The monoisotopic (exact) mass is 503 g/mol. The summed E-state index contributed by atoms with van der Waals surface area (Å²) in [7, 11) is 8.11. The summed E-state index contributed by atoms with van der Waals surface area (Å²) in [5.41, 5.74) is 7.45. The van der Waals surface area contributed by atoms with E-state index in [9.17, 15) is 4.79 Å². The number of rotatable bonds is 10. The van der Waals surface area contributed by atoms with E-state index in [0.29, 0.717) is 5.57 Å². The van der Waals surface area contributed by atoms with Crippen LogP contribution in [0.4, 0.5) is 17.1 Å². The molecule has 4 heteroatoms. The van der Waals surface area contributed by atoms with Crippen LogP contribution in [0.5, 0.6) is 0 Å². The molecule has 0 aliphatic carbocycles. The van der Waals surface area contributed by atoms with Crippen molar-refractivity contribution in [3.05, 3.63) is 144 Å². The molecule has 1 amide bonds. The third-order valence-corrected chi connectivity index (χ3v) is 6.04. The number of hydrogen-bond acceptors (Lipinski definition) is 3. The van der Waals surface area contributed by atoms with Crippen molar-refractivity contribution in [2.75, 3.05) is 43.3 Å². The van der Waals surface area contributed by atoms with Gasteiger partial charge in [-0.05, 0) is 71.7 Å². The molecule has 0 spiro atoms. The standard InChI is InChI=1S/C34H37N3O/c1-7-12-26(13-8-2)33(34(38)35-29-14-10-9-11-15-29)25-24-32(27-16-20-30(21-17-27)36(3)4)28-18-22-31(23-19-28)37(5)6/h7-25H,1H2,2-6H3,(H,35,38)/b13-8-,26-12+,33-25+. The number of carbonyl (C=O) groups is 1. The molecule has 0 aromatic heterocycles. The van der Waals surface area contributed by atoms with Gasteiger partial charge in [-0.2, -0.15) is 0 Å². The Labute approximate surface area is 227 Å². The third-order valence-electron chi connectivity index (χ3n) is 6.04. The van der Waals surface area contributed by atoms with Crippen molar-refractivity contribution in [3.63, 3.8) is 0 Å². The molecule has 0 bridgehead atoms. The minimum atomic E-state index is -0.191. The van der Waals surface area contributed by atoms with Gasteiger partial charge in [0.1, 0.15) is 0 Å². The van der Waals surface area contributed by atoms with Crippen LogP contribution in [0, 0.1) is 0 Å². The number of nitrogens with one attached hydrogen (secondary N) is 1. The highest BCUT2D eigenvalue weighted by molar-refractivity contribution is 6.08. The molecule has 0 fully saturated rings. The van der Waals surface area contributed by atoms with Crippen molar-refractivity contribution in [1.29, 1.82) is 0 Å². The fourth-order valence-corrected chi connectivity index (χ4v) is 3.97. The highest BCUT2D eigenvalue weighted by Crippen LogP contribution is 2.28. The number of anilines is 3. The second kappa shape index (κ2) is 13.7. The molecule has 3 aromatic carbocycles. The summed E-state index contributed by atoms with van der Waals surface area (Å²) in [5.74, 6) is -0.191. The lowest BCUT2D eigenvalue weighted by atomic mass is 9.95. The van der Waals surface area contributed by atoms with E-state index < -0.39 is 0 Å². The van der Waals surface area contributed by atoms with Gasteiger partial charge < -0.3 is 15.1 Å². The first-order valence-corrected chi connectivity index (χ1v) is 12.6. The second-order valence-corrected chi connectivity index (χ2v) is 9.22. The van der Waals surface area contributed by atoms with Gasteiger partial charge in [-0.3, -0.25) is 4.79 Å². The first-order chi connectivity index (χ1) is 18.3. The summed E-state index contributed by atoms with van der Waals surface area (Å²) in [6.45, 7) is 5.79. The van der Waals surface area contributed by atoms with Gasteiger partial charge in [0.15, 0.2) is 0 Å². The normalized spacial score (nSPS) is 11.7. The zero-order valence-corrected chi connectivity index (χ0v) is 23.0. The van der Waals surface area contributed by atoms with Gasteiger partial charge in [-0.15, -0.1) is 0 Å². The van der Waals surface area contributed by atoms with Crippen LogP contribution < -0.4 is 15.1 Å². The molecule has 3 aromatic rings. The fraction of sp³-hybridized carbons (Fsp3) is 0.147. The Bertz CT molecular complexity index is 1290. The van der Waals surface area contributed by atoms with Crippen molar-refractivity contribution < 1.29 is 4.79 Å². The molecule has 0 radical (unpaired) electrons. The Morgan fingerprint density at radius 1 is 0.737 bits per heavy atom. The van der Waals surface area contributed by atoms with Gasteiger partial charge in [0, 0.05) is 50.8 Å². The van der Waals surface area contributed by atoms with Crippen LogP contribution >= 0.6 is 0 Å². The number of nitrogens with zero attached hydrogens (tertiary/aromatic N) is 2. The Morgan fingerprint density at radius 3 is 1.71 bits per heavy atom. The predicted molar refractivity (Wildman–Crippen MR) is 165 cm³/mol. The highest BCUT2D eigenvalue weighted by Gasteiger charge is 2.14. The Balaban J connectivity index is 2.16. The lowest BCUT2D eigenvalue weighted by molar-refractivity contribution is -0.112. The van der Waals surface area contributed by atoms with E-state index in [-0.39, 0.29) is 5.91 Å². The van der Waals surface area contributed by atoms with Gasteiger partial charge in [0.05, 0.1) is 0 Å². The summed E-state index contributed by atoms with van der Waals surface area (Å²) in [6, 6.07) is 26.4. The van der Waals surface area contributed by atoms with Crippen LogP contribution in [0.1, 0.15) is 18.1 Å². The molecule has 0 heterocycles. The van der Waals surface area contributed by atoms with E-state index in [1.54, 1.807) is 6.08 Å². The van der Waals surface area contributed by atoms with Gasteiger partial charge in [-0.1, -0.05) is 79.4 Å². The molecule has 38 heavy (non-hydrogen) atoms. The average Bonchev–Trinajstić information content (AvgIpc) is 2.92. The largest absolute Gasteiger partial charge is 0.378 e. The summed E-state index contributed by atoms with van der Waals surface area (Å²) in [5, 5.41) is 3.03. The minimum absolute atomic E-state index is 0.191. The molecule has 0 aliphatic heterocycles. The molecule has 4 nitrogen and oxygen atoms in total. The molecule has 0 atom stereocenters. The van der Waals surface area contributed by atoms with E-state index in [2.05, 4.69) is 70.2 Å². The van der Waals surface area contributed by atoms with E-state index in [4.69, 9.17) is 0 Å².